The molecule has 0 saturated carbocycles. The van der Waals surface area contributed by atoms with Crippen LogP contribution in [0.5, 0.6) is 0 Å². The number of amides is 2. The molecule has 0 aromatic rings. The summed E-state index contributed by atoms with van der Waals surface area (Å²) in [6.45, 7) is 0. The van der Waals surface area contributed by atoms with E-state index in [0.717, 1.165) is 0 Å². The van der Waals surface area contributed by atoms with E-state index in [1.54, 1.807) is 0 Å². The third-order valence-electron chi connectivity index (χ3n) is 2.69. The van der Waals surface area contributed by atoms with E-state index in [0.29, 0.717) is 0 Å². The Balaban J connectivity index is 4.84. The number of thiol groups is 1. The first-order valence-electron chi connectivity index (χ1n) is 6.26. The molecular weight excluding hydrogens is 350 g/mol. The Morgan fingerprint density at radius 1 is 1.17 bits per heavy atom. The predicted molar refractivity (Wildman–Crippen MR) is 80.7 cm³/mol. The summed E-state index contributed by atoms with van der Waals surface area (Å²) in [5, 5.41) is 24.9. The van der Waals surface area contributed by atoms with Crippen LogP contribution in [0.1, 0.15) is 12.8 Å². The number of rotatable bonds is 11. The second kappa shape index (κ2) is 9.51. The highest BCUT2D eigenvalue weighted by molar-refractivity contribution is 7.80. The van der Waals surface area contributed by atoms with Gasteiger partial charge in [-0.15, -0.1) is 9.81 Å². The molecule has 6 N–H and O–H groups in total. The van der Waals surface area contributed by atoms with E-state index < -0.39 is 41.6 Å². The molecule has 0 spiro atoms. The summed E-state index contributed by atoms with van der Waals surface area (Å²) in [5.41, 5.74) is 5.21. The van der Waals surface area contributed by atoms with E-state index in [9.17, 15) is 29.0 Å². The maximum absolute atomic E-state index is 11.8. The number of nitrogens with two attached hydrogens (primary N) is 1. The van der Waals surface area contributed by atoms with Crippen LogP contribution in [0.4, 0.5) is 0 Å². The fourth-order valence-electron chi connectivity index (χ4n) is 1.32. The van der Waals surface area contributed by atoms with Gasteiger partial charge in [0.25, 0.3) is 0 Å². The topological polar surface area (TPSA) is 218 Å². The molecule has 2 amide bonds. The molecule has 0 aromatic carbocycles. The predicted octanol–water partition coefficient (Wildman–Crippen LogP) is -2.02. The number of aliphatic carboxylic acids is 2. The minimum Gasteiger partial charge on any atom is -0.480 e. The molecule has 0 bridgehead atoms. The minimum atomic E-state index is -3.27. The molecule has 0 radical (unpaired) electrons. The second-order valence-corrected chi connectivity index (χ2v) is 4.80. The van der Waals surface area contributed by atoms with Crippen molar-refractivity contribution in [3.05, 3.63) is 9.81 Å². The van der Waals surface area contributed by atoms with Crippen molar-refractivity contribution in [2.75, 3.05) is 5.75 Å². The third kappa shape index (κ3) is 5.88. The van der Waals surface area contributed by atoms with Crippen molar-refractivity contribution in [3.8, 4) is 0 Å². The minimum absolute atomic E-state index is 0.215. The van der Waals surface area contributed by atoms with E-state index >= 15 is 0 Å². The molecule has 24 heavy (non-hydrogen) atoms. The molecule has 134 valence electrons. The number of carbonyl (C=O) groups excluding carboxylic acids is 2. The van der Waals surface area contributed by atoms with Crippen LogP contribution in [-0.2, 0) is 19.2 Å². The van der Waals surface area contributed by atoms with Gasteiger partial charge in [0.05, 0.1) is 0 Å². The Bertz CT molecular complexity index is 533. The standard InChI is InChI=1S/C10H15N5O8S/c11-4(8(18)19)1-2-6(16)12-5(3-24)7(17)13-10(14-22,15-23)9(20)21/h4-5,24H,1-3,11H2,(H,12,16)(H,13,17)(H,18,19)(H,20,21). The maximum Gasteiger partial charge on any atom is 0.401 e. The van der Waals surface area contributed by atoms with Crippen LogP contribution in [0.15, 0.2) is 10.4 Å². The van der Waals surface area contributed by atoms with Gasteiger partial charge >= 0.3 is 17.7 Å². The number of carboxylic acid groups (broad SMARTS) is 2. The average Bonchev–Trinajstić information content (AvgIpc) is 2.54. The fourth-order valence-corrected chi connectivity index (χ4v) is 1.58. The molecule has 0 aromatic heterocycles. The lowest BCUT2D eigenvalue weighted by Crippen LogP contribution is -2.57. The van der Waals surface area contributed by atoms with Crippen molar-refractivity contribution in [1.29, 1.82) is 0 Å². The average molecular weight is 365 g/mol. The summed E-state index contributed by atoms with van der Waals surface area (Å²) in [6, 6.07) is -2.71. The third-order valence-corrected chi connectivity index (χ3v) is 3.06. The van der Waals surface area contributed by atoms with E-state index in [1.807, 2.05) is 10.4 Å². The number of carboxylic acids is 2. The summed E-state index contributed by atoms with van der Waals surface area (Å²) in [5.74, 6) is -9.04. The van der Waals surface area contributed by atoms with Crippen LogP contribution in [-0.4, -0.2) is 57.6 Å². The largest absolute Gasteiger partial charge is 0.480 e. The van der Waals surface area contributed by atoms with Crippen LogP contribution in [0, 0.1) is 9.81 Å². The summed E-state index contributed by atoms with van der Waals surface area (Å²) >= 11 is 3.77. The van der Waals surface area contributed by atoms with Crippen LogP contribution in [0.2, 0.25) is 0 Å². The maximum atomic E-state index is 11.8. The lowest BCUT2D eigenvalue weighted by Gasteiger charge is -2.20. The Labute approximate surface area is 139 Å². The van der Waals surface area contributed by atoms with Gasteiger partial charge in [-0.1, -0.05) is 0 Å². The van der Waals surface area contributed by atoms with Crippen LogP contribution in [0.3, 0.4) is 0 Å². The highest BCUT2D eigenvalue weighted by Crippen LogP contribution is 2.09. The van der Waals surface area contributed by atoms with Gasteiger partial charge in [0.2, 0.25) is 11.8 Å². The molecule has 2 atom stereocenters. The Morgan fingerprint density at radius 3 is 2.08 bits per heavy atom. The number of nitrogens with one attached hydrogen (secondary N) is 2. The summed E-state index contributed by atoms with van der Waals surface area (Å²) in [6.07, 6.45) is -0.556. The normalized spacial score (nSPS) is 13.2. The molecule has 0 aliphatic heterocycles. The zero-order valence-corrected chi connectivity index (χ0v) is 12.9. The summed E-state index contributed by atoms with van der Waals surface area (Å²) < 4.78 is 0. The van der Waals surface area contributed by atoms with E-state index in [2.05, 4.69) is 17.9 Å². The highest BCUT2D eigenvalue weighted by Gasteiger charge is 2.45. The van der Waals surface area contributed by atoms with E-state index in [4.69, 9.17) is 15.9 Å². The molecule has 0 aliphatic carbocycles. The van der Waals surface area contributed by atoms with E-state index in [-0.39, 0.29) is 18.6 Å². The Hall–Kier alpha value is -2.61. The van der Waals surface area contributed by atoms with Crippen molar-refractivity contribution in [3.63, 3.8) is 0 Å². The molecule has 0 heterocycles. The fraction of sp³-hybridized carbons (Fsp3) is 0.600. The molecule has 2 unspecified atom stereocenters. The Kier molecular flexibility index (Phi) is 8.48. The molecule has 0 aliphatic rings. The van der Waals surface area contributed by atoms with Gasteiger partial charge in [-0.05, 0) is 6.42 Å². The van der Waals surface area contributed by atoms with Crippen molar-refractivity contribution in [1.82, 2.24) is 10.6 Å². The second-order valence-electron chi connectivity index (χ2n) is 4.44. The lowest BCUT2D eigenvalue weighted by molar-refractivity contribution is -0.147. The number of hydrogen-bond acceptors (Lipinski definition) is 10. The number of nitrogens with zero attached hydrogens (tertiary/aromatic N) is 2. The Morgan fingerprint density at radius 2 is 1.71 bits per heavy atom. The van der Waals surface area contributed by atoms with Crippen molar-refractivity contribution in [2.45, 2.75) is 30.7 Å². The van der Waals surface area contributed by atoms with Gasteiger partial charge in [0.1, 0.15) is 12.1 Å². The molecule has 0 saturated heterocycles. The van der Waals surface area contributed by atoms with Gasteiger partial charge < -0.3 is 21.3 Å². The first-order chi connectivity index (χ1) is 11.1. The first kappa shape index (κ1) is 21.4. The summed E-state index contributed by atoms with van der Waals surface area (Å²) in [7, 11) is 0. The monoisotopic (exact) mass is 365 g/mol. The lowest BCUT2D eigenvalue weighted by atomic mass is 10.1. The van der Waals surface area contributed by atoms with Crippen molar-refractivity contribution < 1.29 is 29.4 Å². The zero-order chi connectivity index (χ0) is 18.9. The van der Waals surface area contributed by atoms with Gasteiger partial charge in [0, 0.05) is 22.5 Å². The summed E-state index contributed by atoms with van der Waals surface area (Å²) in [4.78, 5) is 65.8. The van der Waals surface area contributed by atoms with Crippen LogP contribution in [0.25, 0.3) is 0 Å². The van der Waals surface area contributed by atoms with E-state index in [1.165, 1.54) is 5.32 Å². The smallest absolute Gasteiger partial charge is 0.401 e. The molecule has 14 heteroatoms. The number of hydrogen-bond donors (Lipinski definition) is 6. The molecule has 0 fully saturated rings. The molecular formula is C10H15N5O8S. The van der Waals surface area contributed by atoms with Gasteiger partial charge in [0.15, 0.2) is 0 Å². The van der Waals surface area contributed by atoms with Gasteiger partial charge in [-0.25, -0.2) is 4.79 Å². The van der Waals surface area contributed by atoms with Crippen LogP contribution < -0.4 is 16.4 Å². The first-order valence-corrected chi connectivity index (χ1v) is 6.89. The quantitative estimate of drug-likeness (QED) is 0.175. The zero-order valence-electron chi connectivity index (χ0n) is 12.0. The SMILES string of the molecule is NC(CCC(=O)NC(CS)C(=O)NC(N=O)(N=O)C(=O)O)C(=O)O. The van der Waals surface area contributed by atoms with Gasteiger partial charge in [-0.2, -0.15) is 12.6 Å². The van der Waals surface area contributed by atoms with Crippen molar-refractivity contribution in [2.24, 2.45) is 16.1 Å². The molecule has 13 nitrogen and oxygen atoms in total. The number of carbonyl (C=O) groups is 4. The van der Waals surface area contributed by atoms with Crippen LogP contribution >= 0.6 is 12.6 Å². The number of nitroso groups, excluding NO2 is 2. The highest BCUT2D eigenvalue weighted by atomic mass is 32.1. The van der Waals surface area contributed by atoms with Crippen molar-refractivity contribution >= 4 is 36.4 Å². The molecule has 0 rings (SSSR count). The van der Waals surface area contributed by atoms with Gasteiger partial charge in [-0.3, -0.25) is 19.7 Å².